The summed E-state index contributed by atoms with van der Waals surface area (Å²) in [6.45, 7) is 5.41. The van der Waals surface area contributed by atoms with Crippen LogP contribution in [0, 0.1) is 13.8 Å². The third-order valence-corrected chi connectivity index (χ3v) is 5.68. The summed E-state index contributed by atoms with van der Waals surface area (Å²) in [5.74, 6) is -0.00685. The van der Waals surface area contributed by atoms with Crippen molar-refractivity contribution in [2.45, 2.75) is 70.9 Å². The number of urea groups is 1. The molecule has 0 aromatic heterocycles. The summed E-state index contributed by atoms with van der Waals surface area (Å²) in [4.78, 5) is 26.8. The van der Waals surface area contributed by atoms with Crippen molar-refractivity contribution in [1.29, 1.82) is 0 Å². The minimum atomic E-state index is -0.00685. The summed E-state index contributed by atoms with van der Waals surface area (Å²) in [6.07, 6.45) is 7.57. The van der Waals surface area contributed by atoms with Gasteiger partial charge < -0.3 is 15.5 Å². The highest BCUT2D eigenvalue weighted by Crippen LogP contribution is 2.19. The van der Waals surface area contributed by atoms with E-state index in [0.717, 1.165) is 42.4 Å². The predicted octanol–water partition coefficient (Wildman–Crippen LogP) is 3.54. The van der Waals surface area contributed by atoms with E-state index in [9.17, 15) is 9.59 Å². The Morgan fingerprint density at radius 3 is 2.23 bits per heavy atom. The van der Waals surface area contributed by atoms with Crippen LogP contribution in [0.5, 0.6) is 0 Å². The first-order chi connectivity index (χ1) is 12.5. The average molecular weight is 357 g/mol. The van der Waals surface area contributed by atoms with Crippen molar-refractivity contribution in [3.05, 3.63) is 34.9 Å². The molecular weight excluding hydrogens is 326 g/mol. The van der Waals surface area contributed by atoms with E-state index in [1.807, 2.05) is 36.9 Å². The lowest BCUT2D eigenvalue weighted by molar-refractivity contribution is 0.0917. The molecule has 1 heterocycles. The van der Waals surface area contributed by atoms with Crippen molar-refractivity contribution in [3.8, 4) is 0 Å². The molecule has 1 aliphatic carbocycles. The average Bonchev–Trinajstić information content (AvgIpc) is 2.63. The Morgan fingerprint density at radius 2 is 1.58 bits per heavy atom. The minimum absolute atomic E-state index is 0.00685. The van der Waals surface area contributed by atoms with Gasteiger partial charge >= 0.3 is 6.03 Å². The molecule has 3 rings (SSSR count). The molecule has 5 heteroatoms. The van der Waals surface area contributed by atoms with Crippen molar-refractivity contribution in [2.75, 3.05) is 13.1 Å². The van der Waals surface area contributed by atoms with E-state index in [0.29, 0.717) is 19.1 Å². The fraction of sp³-hybridized carbons (Fsp3) is 0.619. The van der Waals surface area contributed by atoms with E-state index in [2.05, 4.69) is 10.6 Å². The minimum Gasteiger partial charge on any atom is -0.349 e. The van der Waals surface area contributed by atoms with E-state index in [1.54, 1.807) is 0 Å². The van der Waals surface area contributed by atoms with Crippen LogP contribution in [-0.4, -0.2) is 42.0 Å². The van der Waals surface area contributed by atoms with E-state index in [-0.39, 0.29) is 18.0 Å². The number of benzene rings is 1. The van der Waals surface area contributed by atoms with E-state index in [4.69, 9.17) is 0 Å². The zero-order chi connectivity index (χ0) is 18.5. The first-order valence-electron chi connectivity index (χ1n) is 9.96. The Labute approximate surface area is 156 Å². The quantitative estimate of drug-likeness (QED) is 0.869. The standard InChI is InChI=1S/C21H31N3O2/c1-15-8-9-19(16(2)14-15)20(25)22-18-10-12-24(13-11-18)21(26)23-17-6-4-3-5-7-17/h8-9,14,17-18H,3-7,10-13H2,1-2H3,(H,22,25)(H,23,26). The van der Waals surface area contributed by atoms with Gasteiger partial charge in [0.25, 0.3) is 5.91 Å². The van der Waals surface area contributed by atoms with Gasteiger partial charge in [0.1, 0.15) is 0 Å². The SMILES string of the molecule is Cc1ccc(C(=O)NC2CCN(C(=O)NC3CCCCC3)CC2)c(C)c1. The molecule has 142 valence electrons. The van der Waals surface area contributed by atoms with Crippen molar-refractivity contribution in [1.82, 2.24) is 15.5 Å². The number of aryl methyl sites for hydroxylation is 2. The van der Waals surface area contributed by atoms with Crippen LogP contribution in [0.4, 0.5) is 4.79 Å². The Hall–Kier alpha value is -2.04. The lowest BCUT2D eigenvalue weighted by Gasteiger charge is -2.34. The first kappa shape index (κ1) is 18.7. The maximum absolute atomic E-state index is 12.5. The Bertz CT molecular complexity index is 645. The van der Waals surface area contributed by atoms with Gasteiger partial charge in [-0.1, -0.05) is 37.0 Å². The zero-order valence-electron chi connectivity index (χ0n) is 16.0. The third-order valence-electron chi connectivity index (χ3n) is 5.68. The Morgan fingerprint density at radius 1 is 0.923 bits per heavy atom. The van der Waals surface area contributed by atoms with Crippen LogP contribution < -0.4 is 10.6 Å². The number of nitrogens with one attached hydrogen (secondary N) is 2. The number of nitrogens with zero attached hydrogens (tertiary/aromatic N) is 1. The summed E-state index contributed by atoms with van der Waals surface area (Å²) in [7, 11) is 0. The monoisotopic (exact) mass is 357 g/mol. The second-order valence-electron chi connectivity index (χ2n) is 7.84. The number of piperidine rings is 1. The summed E-state index contributed by atoms with van der Waals surface area (Å²) >= 11 is 0. The molecule has 0 bridgehead atoms. The highest BCUT2D eigenvalue weighted by molar-refractivity contribution is 5.95. The normalized spacial score (nSPS) is 19.2. The molecule has 3 amide bonds. The molecule has 0 atom stereocenters. The number of amides is 3. The smallest absolute Gasteiger partial charge is 0.317 e. The van der Waals surface area contributed by atoms with Gasteiger partial charge in [-0.15, -0.1) is 0 Å². The third kappa shape index (κ3) is 4.77. The molecule has 1 saturated carbocycles. The fourth-order valence-electron chi connectivity index (χ4n) is 4.07. The predicted molar refractivity (Wildman–Crippen MR) is 103 cm³/mol. The van der Waals surface area contributed by atoms with E-state index < -0.39 is 0 Å². The van der Waals surface area contributed by atoms with E-state index in [1.165, 1.54) is 19.3 Å². The molecule has 0 spiro atoms. The van der Waals surface area contributed by atoms with Gasteiger partial charge in [0.05, 0.1) is 0 Å². The molecule has 0 radical (unpaired) electrons. The van der Waals surface area contributed by atoms with E-state index >= 15 is 0 Å². The topological polar surface area (TPSA) is 61.4 Å². The van der Waals surface area contributed by atoms with Gasteiger partial charge in [-0.05, 0) is 51.2 Å². The maximum atomic E-state index is 12.5. The molecule has 1 aromatic rings. The van der Waals surface area contributed by atoms with Gasteiger partial charge in [0.2, 0.25) is 0 Å². The molecule has 2 aliphatic rings. The molecular formula is C21H31N3O2. The van der Waals surface area contributed by atoms with Crippen LogP contribution in [0.3, 0.4) is 0 Å². The second kappa shape index (κ2) is 8.56. The molecule has 2 fully saturated rings. The summed E-state index contributed by atoms with van der Waals surface area (Å²) in [6, 6.07) is 6.45. The lowest BCUT2D eigenvalue weighted by atomic mass is 9.95. The van der Waals surface area contributed by atoms with Gasteiger partial charge in [-0.3, -0.25) is 4.79 Å². The summed E-state index contributed by atoms with van der Waals surface area (Å²) < 4.78 is 0. The number of carbonyl (C=O) groups is 2. The molecule has 1 aliphatic heterocycles. The van der Waals surface area contributed by atoms with Crippen LogP contribution in [0.2, 0.25) is 0 Å². The van der Waals surface area contributed by atoms with Crippen LogP contribution in [-0.2, 0) is 0 Å². The summed E-state index contributed by atoms with van der Waals surface area (Å²) in [5, 5.41) is 6.32. The molecule has 1 saturated heterocycles. The zero-order valence-corrected chi connectivity index (χ0v) is 16.0. The van der Waals surface area contributed by atoms with Gasteiger partial charge in [0, 0.05) is 30.7 Å². The molecule has 26 heavy (non-hydrogen) atoms. The number of likely N-dealkylation sites (tertiary alicyclic amines) is 1. The van der Waals surface area contributed by atoms with Crippen LogP contribution in [0.1, 0.15) is 66.4 Å². The summed E-state index contributed by atoms with van der Waals surface area (Å²) in [5.41, 5.74) is 2.91. The molecule has 1 aromatic carbocycles. The first-order valence-corrected chi connectivity index (χ1v) is 9.96. The highest BCUT2D eigenvalue weighted by atomic mass is 16.2. The Kier molecular flexibility index (Phi) is 6.17. The number of carbonyl (C=O) groups excluding carboxylic acids is 2. The van der Waals surface area contributed by atoms with Crippen LogP contribution in [0.15, 0.2) is 18.2 Å². The van der Waals surface area contributed by atoms with Gasteiger partial charge in [0.15, 0.2) is 0 Å². The number of rotatable bonds is 3. The molecule has 5 nitrogen and oxygen atoms in total. The Balaban J connectivity index is 1.45. The molecule has 0 unspecified atom stereocenters. The number of hydrogen-bond acceptors (Lipinski definition) is 2. The highest BCUT2D eigenvalue weighted by Gasteiger charge is 2.26. The van der Waals surface area contributed by atoms with Crippen LogP contribution in [0.25, 0.3) is 0 Å². The maximum Gasteiger partial charge on any atom is 0.317 e. The van der Waals surface area contributed by atoms with Gasteiger partial charge in [-0.25, -0.2) is 4.79 Å². The molecule has 2 N–H and O–H groups in total. The largest absolute Gasteiger partial charge is 0.349 e. The fourth-order valence-corrected chi connectivity index (χ4v) is 4.07. The van der Waals surface area contributed by atoms with Crippen molar-refractivity contribution < 1.29 is 9.59 Å². The number of hydrogen-bond donors (Lipinski definition) is 2. The van der Waals surface area contributed by atoms with Crippen molar-refractivity contribution in [2.24, 2.45) is 0 Å². The lowest BCUT2D eigenvalue weighted by Crippen LogP contribution is -2.51. The van der Waals surface area contributed by atoms with Crippen LogP contribution >= 0.6 is 0 Å². The van der Waals surface area contributed by atoms with Gasteiger partial charge in [-0.2, -0.15) is 0 Å². The van der Waals surface area contributed by atoms with Crippen molar-refractivity contribution in [3.63, 3.8) is 0 Å². The second-order valence-corrected chi connectivity index (χ2v) is 7.84. The van der Waals surface area contributed by atoms with Crippen molar-refractivity contribution >= 4 is 11.9 Å².